The number of aromatic nitrogens is 1. The van der Waals surface area contributed by atoms with Crippen LogP contribution in [-0.2, 0) is 0 Å². The molecular weight excluding hydrogens is 372 g/mol. The second-order valence-corrected chi connectivity index (χ2v) is 8.01. The number of urea groups is 1. The van der Waals surface area contributed by atoms with Gasteiger partial charge in [-0.2, -0.15) is 0 Å². The second-order valence-electron chi connectivity index (χ2n) is 7.03. The molecule has 2 heterocycles. The number of amides is 2. The van der Waals surface area contributed by atoms with Crippen LogP contribution in [0.2, 0.25) is 0 Å². The van der Waals surface area contributed by atoms with Gasteiger partial charge in [-0.1, -0.05) is 29.5 Å². The Hall–Kier alpha value is -2.80. The Morgan fingerprint density at radius 2 is 1.93 bits per heavy atom. The molecule has 0 bridgehead atoms. The van der Waals surface area contributed by atoms with Crippen molar-refractivity contribution in [3.8, 4) is 5.75 Å². The lowest BCUT2D eigenvalue weighted by Gasteiger charge is -2.34. The fraction of sp³-hybridized carbons (Fsp3) is 0.333. The third-order valence-corrected chi connectivity index (χ3v) is 6.27. The van der Waals surface area contributed by atoms with Crippen LogP contribution in [0.15, 0.2) is 36.4 Å². The first-order chi connectivity index (χ1) is 13.5. The zero-order valence-corrected chi connectivity index (χ0v) is 17.2. The Bertz CT molecular complexity index is 1010. The van der Waals surface area contributed by atoms with Crippen molar-refractivity contribution >= 4 is 38.4 Å². The van der Waals surface area contributed by atoms with E-state index in [0.29, 0.717) is 13.1 Å². The summed E-state index contributed by atoms with van der Waals surface area (Å²) in [5.74, 6) is 0.805. The van der Waals surface area contributed by atoms with Gasteiger partial charge in [-0.25, -0.2) is 9.78 Å². The molecule has 1 aliphatic heterocycles. The number of anilines is 2. The van der Waals surface area contributed by atoms with Crippen LogP contribution in [0.3, 0.4) is 0 Å². The van der Waals surface area contributed by atoms with E-state index >= 15 is 0 Å². The normalized spacial score (nSPS) is 14.4. The van der Waals surface area contributed by atoms with Gasteiger partial charge >= 0.3 is 6.03 Å². The van der Waals surface area contributed by atoms with E-state index in [-0.39, 0.29) is 6.03 Å². The van der Waals surface area contributed by atoms with Crippen molar-refractivity contribution in [2.75, 3.05) is 43.5 Å². The zero-order valence-electron chi connectivity index (χ0n) is 16.4. The standard InChI is InChI=1S/C21H24N4O2S/c1-14-5-4-6-16(13-14)22-20(26)24-9-11-25(12-10-24)21-23-18-17(27-3)8-7-15(2)19(18)28-21/h4-8,13H,9-12H2,1-3H3,(H,22,26). The molecule has 0 saturated carbocycles. The van der Waals surface area contributed by atoms with Gasteiger partial charge in [0, 0.05) is 31.9 Å². The van der Waals surface area contributed by atoms with E-state index in [9.17, 15) is 4.79 Å². The predicted molar refractivity (Wildman–Crippen MR) is 115 cm³/mol. The Balaban J connectivity index is 1.43. The highest BCUT2D eigenvalue weighted by atomic mass is 32.1. The van der Waals surface area contributed by atoms with Crippen LogP contribution in [0.1, 0.15) is 11.1 Å². The van der Waals surface area contributed by atoms with Crippen molar-refractivity contribution in [2.24, 2.45) is 0 Å². The fourth-order valence-corrected chi connectivity index (χ4v) is 4.53. The van der Waals surface area contributed by atoms with Gasteiger partial charge in [-0.3, -0.25) is 0 Å². The summed E-state index contributed by atoms with van der Waals surface area (Å²) in [6.07, 6.45) is 0. The van der Waals surface area contributed by atoms with Gasteiger partial charge in [-0.15, -0.1) is 0 Å². The largest absolute Gasteiger partial charge is 0.494 e. The fourth-order valence-electron chi connectivity index (χ4n) is 3.42. The van der Waals surface area contributed by atoms with Gasteiger partial charge in [0.2, 0.25) is 0 Å². The number of carbonyl (C=O) groups excluding carboxylic acids is 1. The van der Waals surface area contributed by atoms with E-state index in [1.807, 2.05) is 42.2 Å². The number of methoxy groups -OCH3 is 1. The van der Waals surface area contributed by atoms with E-state index < -0.39 is 0 Å². The molecule has 1 N–H and O–H groups in total. The Morgan fingerprint density at radius 1 is 1.14 bits per heavy atom. The maximum absolute atomic E-state index is 12.6. The number of nitrogens with zero attached hydrogens (tertiary/aromatic N) is 3. The van der Waals surface area contributed by atoms with E-state index in [4.69, 9.17) is 9.72 Å². The van der Waals surface area contributed by atoms with Gasteiger partial charge in [0.25, 0.3) is 0 Å². The molecule has 0 aliphatic carbocycles. The quantitative estimate of drug-likeness (QED) is 0.718. The molecule has 6 nitrogen and oxygen atoms in total. The number of fused-ring (bicyclic) bond motifs is 1. The van der Waals surface area contributed by atoms with Crippen LogP contribution in [0.4, 0.5) is 15.6 Å². The van der Waals surface area contributed by atoms with Gasteiger partial charge in [0.15, 0.2) is 5.13 Å². The van der Waals surface area contributed by atoms with Crippen LogP contribution in [0.5, 0.6) is 5.75 Å². The molecule has 1 aliphatic rings. The summed E-state index contributed by atoms with van der Waals surface area (Å²) in [6.45, 7) is 6.98. The number of rotatable bonds is 3. The molecule has 0 radical (unpaired) electrons. The molecule has 28 heavy (non-hydrogen) atoms. The van der Waals surface area contributed by atoms with Crippen LogP contribution < -0.4 is 15.0 Å². The number of piperazine rings is 1. The SMILES string of the molecule is COc1ccc(C)c2sc(N3CCN(C(=O)Nc4cccc(C)c4)CC3)nc12. The number of thiazole rings is 1. The number of carbonyl (C=O) groups is 1. The molecule has 3 aromatic rings. The topological polar surface area (TPSA) is 57.7 Å². The van der Waals surface area contributed by atoms with Crippen LogP contribution >= 0.6 is 11.3 Å². The van der Waals surface area contributed by atoms with Gasteiger partial charge in [0.05, 0.1) is 11.8 Å². The first-order valence-corrected chi connectivity index (χ1v) is 10.2. The molecule has 2 aromatic carbocycles. The smallest absolute Gasteiger partial charge is 0.321 e. The molecule has 1 aromatic heterocycles. The molecule has 2 amide bonds. The maximum atomic E-state index is 12.6. The molecule has 4 rings (SSSR count). The lowest BCUT2D eigenvalue weighted by molar-refractivity contribution is 0.208. The van der Waals surface area contributed by atoms with E-state index in [1.165, 1.54) is 5.56 Å². The summed E-state index contributed by atoms with van der Waals surface area (Å²) in [5.41, 5.74) is 4.09. The van der Waals surface area contributed by atoms with Crippen LogP contribution in [-0.4, -0.2) is 49.2 Å². The molecule has 0 unspecified atom stereocenters. The first-order valence-electron chi connectivity index (χ1n) is 9.37. The number of ether oxygens (including phenoxy) is 1. The summed E-state index contributed by atoms with van der Waals surface area (Å²) in [7, 11) is 1.68. The Kier molecular flexibility index (Phi) is 5.09. The summed E-state index contributed by atoms with van der Waals surface area (Å²) in [5, 5.41) is 3.98. The number of benzene rings is 2. The molecule has 7 heteroatoms. The monoisotopic (exact) mass is 396 g/mol. The number of hydrogen-bond donors (Lipinski definition) is 1. The van der Waals surface area contributed by atoms with Crippen molar-refractivity contribution in [3.63, 3.8) is 0 Å². The minimum Gasteiger partial charge on any atom is -0.494 e. The highest BCUT2D eigenvalue weighted by molar-refractivity contribution is 7.22. The lowest BCUT2D eigenvalue weighted by Crippen LogP contribution is -2.50. The van der Waals surface area contributed by atoms with Gasteiger partial charge in [-0.05, 0) is 43.2 Å². The number of nitrogens with one attached hydrogen (secondary N) is 1. The Labute approximate surface area is 168 Å². The highest BCUT2D eigenvalue weighted by Gasteiger charge is 2.24. The third kappa shape index (κ3) is 3.62. The minimum absolute atomic E-state index is 0.0490. The van der Waals surface area contributed by atoms with Crippen molar-refractivity contribution in [1.82, 2.24) is 9.88 Å². The summed E-state index contributed by atoms with van der Waals surface area (Å²) in [6, 6.07) is 11.8. The first kappa shape index (κ1) is 18.6. The summed E-state index contributed by atoms with van der Waals surface area (Å²) < 4.78 is 6.62. The Morgan fingerprint density at radius 3 is 2.64 bits per heavy atom. The number of hydrogen-bond acceptors (Lipinski definition) is 5. The van der Waals surface area contributed by atoms with E-state index in [0.717, 1.165) is 45.4 Å². The molecule has 0 atom stereocenters. The van der Waals surface area contributed by atoms with Crippen LogP contribution in [0.25, 0.3) is 10.2 Å². The zero-order chi connectivity index (χ0) is 19.7. The molecule has 1 fully saturated rings. The maximum Gasteiger partial charge on any atom is 0.321 e. The van der Waals surface area contributed by atoms with Gasteiger partial charge < -0.3 is 19.9 Å². The van der Waals surface area contributed by atoms with E-state index in [2.05, 4.69) is 23.2 Å². The average Bonchev–Trinajstić information content (AvgIpc) is 3.15. The van der Waals surface area contributed by atoms with Crippen LogP contribution in [0, 0.1) is 13.8 Å². The summed E-state index contributed by atoms with van der Waals surface area (Å²) in [4.78, 5) is 21.5. The second kappa shape index (κ2) is 7.67. The van der Waals surface area contributed by atoms with Crippen molar-refractivity contribution in [2.45, 2.75) is 13.8 Å². The van der Waals surface area contributed by atoms with E-state index in [1.54, 1.807) is 18.4 Å². The van der Waals surface area contributed by atoms with Crippen molar-refractivity contribution in [1.29, 1.82) is 0 Å². The van der Waals surface area contributed by atoms with Crippen molar-refractivity contribution in [3.05, 3.63) is 47.5 Å². The lowest BCUT2D eigenvalue weighted by atomic mass is 10.2. The highest BCUT2D eigenvalue weighted by Crippen LogP contribution is 2.36. The molecule has 1 saturated heterocycles. The summed E-state index contributed by atoms with van der Waals surface area (Å²) >= 11 is 1.69. The molecule has 0 spiro atoms. The third-order valence-electron chi connectivity index (χ3n) is 5.02. The average molecular weight is 397 g/mol. The number of aryl methyl sites for hydroxylation is 2. The molecule has 146 valence electrons. The minimum atomic E-state index is -0.0490. The van der Waals surface area contributed by atoms with Crippen molar-refractivity contribution < 1.29 is 9.53 Å². The molecular formula is C21H24N4O2S. The predicted octanol–water partition coefficient (Wildman–Crippen LogP) is 4.28. The van der Waals surface area contributed by atoms with Gasteiger partial charge in [0.1, 0.15) is 11.3 Å².